The van der Waals surface area contributed by atoms with Gasteiger partial charge in [0.25, 0.3) is 0 Å². The van der Waals surface area contributed by atoms with Gasteiger partial charge in [0, 0.05) is 19.3 Å². The fourth-order valence-electron chi connectivity index (χ4n) is 7.85. The van der Waals surface area contributed by atoms with E-state index in [4.69, 9.17) is 14.2 Å². The highest BCUT2D eigenvalue weighted by molar-refractivity contribution is 5.71. The van der Waals surface area contributed by atoms with Crippen molar-refractivity contribution in [3.63, 3.8) is 0 Å². The van der Waals surface area contributed by atoms with Crippen molar-refractivity contribution >= 4 is 17.9 Å². The van der Waals surface area contributed by atoms with E-state index in [9.17, 15) is 14.4 Å². The second-order valence-corrected chi connectivity index (χ2v) is 18.8. The molecule has 0 aromatic carbocycles. The monoisotopic (exact) mass is 947 g/mol. The second kappa shape index (κ2) is 56.2. The summed E-state index contributed by atoms with van der Waals surface area (Å²) in [5.41, 5.74) is 0. The summed E-state index contributed by atoms with van der Waals surface area (Å²) in [7, 11) is 0. The highest BCUT2D eigenvalue weighted by Crippen LogP contribution is 2.15. The molecule has 6 heteroatoms. The number of unbranched alkanes of at least 4 members (excludes halogenated alkanes) is 26. The third-order valence-electron chi connectivity index (χ3n) is 12.1. The minimum absolute atomic E-state index is 0.0840. The zero-order valence-electron chi connectivity index (χ0n) is 44.6. The Hall–Kier alpha value is -3.41. The molecule has 0 aliphatic carbocycles. The smallest absolute Gasteiger partial charge is 0.306 e. The zero-order valence-corrected chi connectivity index (χ0v) is 44.6. The van der Waals surface area contributed by atoms with Crippen LogP contribution in [0.15, 0.2) is 85.1 Å². The molecule has 0 fully saturated rings. The van der Waals surface area contributed by atoms with Crippen LogP contribution < -0.4 is 0 Å². The van der Waals surface area contributed by atoms with Crippen molar-refractivity contribution in [1.82, 2.24) is 0 Å². The molecule has 0 aromatic rings. The molecular formula is C62H106O6. The number of esters is 3. The minimum Gasteiger partial charge on any atom is -0.462 e. The first-order valence-electron chi connectivity index (χ1n) is 28.6. The summed E-state index contributed by atoms with van der Waals surface area (Å²) in [6.07, 6.45) is 72.8. The Kier molecular flexibility index (Phi) is 53.4. The molecule has 1 atom stereocenters. The zero-order chi connectivity index (χ0) is 49.3. The SMILES string of the molecule is CC/C=C\C/C=C\C/C=C\C/C=C\C/C=C\CCCCCCCCCC(=O)OCC(COC(=O)CCCCCCCCCCCCCC)OC(=O)CCCCCCC/C=C\C/C=C\CCCCC. The van der Waals surface area contributed by atoms with Crippen molar-refractivity contribution in [3.05, 3.63) is 85.1 Å². The number of hydrogen-bond donors (Lipinski definition) is 0. The fourth-order valence-corrected chi connectivity index (χ4v) is 7.85. The van der Waals surface area contributed by atoms with Gasteiger partial charge in [0.15, 0.2) is 6.10 Å². The third-order valence-corrected chi connectivity index (χ3v) is 12.1. The van der Waals surface area contributed by atoms with E-state index in [0.717, 1.165) is 122 Å². The van der Waals surface area contributed by atoms with Gasteiger partial charge in [-0.1, -0.05) is 241 Å². The van der Waals surface area contributed by atoms with Gasteiger partial charge in [0.2, 0.25) is 0 Å². The predicted octanol–water partition coefficient (Wildman–Crippen LogP) is 19.2. The Balaban J connectivity index is 4.36. The van der Waals surface area contributed by atoms with Gasteiger partial charge in [-0.2, -0.15) is 0 Å². The van der Waals surface area contributed by atoms with E-state index in [0.29, 0.717) is 19.3 Å². The Bertz CT molecular complexity index is 1320. The average Bonchev–Trinajstić information content (AvgIpc) is 3.34. The molecule has 0 amide bonds. The fraction of sp³-hybridized carbons (Fsp3) is 0.726. The standard InChI is InChI=1S/C62H106O6/c1-4-7-10-13-16-19-22-25-27-28-29-30-31-32-33-34-36-37-40-43-46-49-52-55-61(64)67-58-59(57-66-60(63)54-51-48-45-42-39-24-21-18-15-12-9-6-3)68-62(65)56-53-50-47-44-41-38-35-26-23-20-17-14-11-8-5-2/h7,10,16-17,19-20,25-27,29-30,32-33,35,59H,4-6,8-9,11-15,18,21-24,28,31,34,36-58H2,1-3H3/b10-7-,19-16-,20-17-,27-25-,30-29-,33-32-,35-26-. The molecule has 0 heterocycles. The number of hydrogen-bond acceptors (Lipinski definition) is 6. The molecule has 68 heavy (non-hydrogen) atoms. The van der Waals surface area contributed by atoms with E-state index in [-0.39, 0.29) is 31.1 Å². The van der Waals surface area contributed by atoms with Crippen LogP contribution in [0.4, 0.5) is 0 Å². The van der Waals surface area contributed by atoms with E-state index in [2.05, 4.69) is 106 Å². The van der Waals surface area contributed by atoms with Gasteiger partial charge in [-0.3, -0.25) is 14.4 Å². The second-order valence-electron chi connectivity index (χ2n) is 18.8. The summed E-state index contributed by atoms with van der Waals surface area (Å²) >= 11 is 0. The molecule has 0 aromatic heterocycles. The van der Waals surface area contributed by atoms with Crippen molar-refractivity contribution in [2.24, 2.45) is 0 Å². The molecule has 1 unspecified atom stereocenters. The highest BCUT2D eigenvalue weighted by atomic mass is 16.6. The molecule has 0 saturated carbocycles. The molecule has 0 spiro atoms. The minimum atomic E-state index is -0.787. The molecule has 0 N–H and O–H groups in total. The predicted molar refractivity (Wildman–Crippen MR) is 293 cm³/mol. The summed E-state index contributed by atoms with van der Waals surface area (Å²) in [6.45, 7) is 6.49. The molecule has 0 aliphatic heterocycles. The van der Waals surface area contributed by atoms with Crippen LogP contribution >= 0.6 is 0 Å². The highest BCUT2D eigenvalue weighted by Gasteiger charge is 2.19. The summed E-state index contributed by atoms with van der Waals surface area (Å²) < 4.78 is 16.8. The lowest BCUT2D eigenvalue weighted by Gasteiger charge is -2.18. The van der Waals surface area contributed by atoms with Crippen LogP contribution in [0.25, 0.3) is 0 Å². The van der Waals surface area contributed by atoms with Crippen LogP contribution in [0.1, 0.15) is 271 Å². The first-order chi connectivity index (χ1) is 33.5. The van der Waals surface area contributed by atoms with E-state index in [1.165, 1.54) is 109 Å². The van der Waals surface area contributed by atoms with Crippen LogP contribution in [0, 0.1) is 0 Å². The Morgan fingerprint density at radius 3 is 0.926 bits per heavy atom. The van der Waals surface area contributed by atoms with Crippen LogP contribution in [-0.2, 0) is 28.6 Å². The van der Waals surface area contributed by atoms with Crippen LogP contribution in [0.3, 0.4) is 0 Å². The van der Waals surface area contributed by atoms with E-state index < -0.39 is 6.10 Å². The summed E-state index contributed by atoms with van der Waals surface area (Å²) in [6, 6.07) is 0. The normalized spacial score (nSPS) is 12.7. The van der Waals surface area contributed by atoms with Gasteiger partial charge in [-0.25, -0.2) is 0 Å². The van der Waals surface area contributed by atoms with Crippen molar-refractivity contribution in [1.29, 1.82) is 0 Å². The number of allylic oxidation sites excluding steroid dienone is 14. The first kappa shape index (κ1) is 64.6. The van der Waals surface area contributed by atoms with Gasteiger partial charge < -0.3 is 14.2 Å². The maximum Gasteiger partial charge on any atom is 0.306 e. The lowest BCUT2D eigenvalue weighted by molar-refractivity contribution is -0.167. The molecule has 390 valence electrons. The number of ether oxygens (including phenoxy) is 3. The van der Waals surface area contributed by atoms with E-state index >= 15 is 0 Å². The largest absolute Gasteiger partial charge is 0.462 e. The van der Waals surface area contributed by atoms with E-state index in [1.54, 1.807) is 0 Å². The summed E-state index contributed by atoms with van der Waals surface area (Å²) in [4.78, 5) is 38.1. The molecule has 0 aliphatic rings. The summed E-state index contributed by atoms with van der Waals surface area (Å²) in [5, 5.41) is 0. The Morgan fingerprint density at radius 2 is 0.574 bits per heavy atom. The first-order valence-corrected chi connectivity index (χ1v) is 28.6. The quantitative estimate of drug-likeness (QED) is 0.0262. The Morgan fingerprint density at radius 1 is 0.309 bits per heavy atom. The number of carbonyl (C=O) groups excluding carboxylic acids is 3. The van der Waals surface area contributed by atoms with E-state index in [1.807, 2.05) is 0 Å². The maximum atomic E-state index is 12.8. The van der Waals surface area contributed by atoms with Gasteiger partial charge in [-0.05, 0) is 96.3 Å². The van der Waals surface area contributed by atoms with Crippen molar-refractivity contribution in [2.45, 2.75) is 277 Å². The van der Waals surface area contributed by atoms with Crippen LogP contribution in [-0.4, -0.2) is 37.2 Å². The molecule has 0 radical (unpaired) electrons. The van der Waals surface area contributed by atoms with Crippen molar-refractivity contribution in [2.75, 3.05) is 13.2 Å². The van der Waals surface area contributed by atoms with Crippen LogP contribution in [0.2, 0.25) is 0 Å². The maximum absolute atomic E-state index is 12.8. The summed E-state index contributed by atoms with van der Waals surface area (Å²) in [5.74, 6) is -0.904. The molecule has 0 rings (SSSR count). The molecule has 6 nitrogen and oxygen atoms in total. The van der Waals surface area contributed by atoms with Gasteiger partial charge >= 0.3 is 17.9 Å². The number of carbonyl (C=O) groups is 3. The van der Waals surface area contributed by atoms with Gasteiger partial charge in [0.1, 0.15) is 13.2 Å². The molecule has 0 saturated heterocycles. The van der Waals surface area contributed by atoms with Crippen molar-refractivity contribution < 1.29 is 28.6 Å². The average molecular weight is 948 g/mol. The van der Waals surface area contributed by atoms with Gasteiger partial charge in [-0.15, -0.1) is 0 Å². The lowest BCUT2D eigenvalue weighted by atomic mass is 10.0. The number of rotatable bonds is 51. The van der Waals surface area contributed by atoms with Crippen LogP contribution in [0.5, 0.6) is 0 Å². The topological polar surface area (TPSA) is 78.9 Å². The van der Waals surface area contributed by atoms with Crippen molar-refractivity contribution in [3.8, 4) is 0 Å². The van der Waals surface area contributed by atoms with Gasteiger partial charge in [0.05, 0.1) is 0 Å². The third kappa shape index (κ3) is 53.5. The molecular weight excluding hydrogens is 841 g/mol. The lowest BCUT2D eigenvalue weighted by Crippen LogP contribution is -2.30. The Labute approximate surface area is 420 Å². The molecule has 0 bridgehead atoms.